The van der Waals surface area contributed by atoms with Gasteiger partial charge in [-0.2, -0.15) is 0 Å². The summed E-state index contributed by atoms with van der Waals surface area (Å²) in [6.45, 7) is 0.318. The van der Waals surface area contributed by atoms with Crippen molar-refractivity contribution in [2.75, 3.05) is 36.6 Å². The largest absolute Gasteiger partial charge is 0.354 e. The second-order valence-electron chi connectivity index (χ2n) is 7.60. The highest BCUT2D eigenvalue weighted by Crippen LogP contribution is 2.37. The third-order valence-electron chi connectivity index (χ3n) is 4.88. The van der Waals surface area contributed by atoms with E-state index < -0.39 is 0 Å². The SMILES string of the molecule is CN(C)CC(=O)Nc1ccc(NC(=C2C(=O)Nc3ccccc32)c2ccccc2)cc1. The average molecular weight is 412 g/mol. The predicted molar refractivity (Wildman–Crippen MR) is 126 cm³/mol. The molecule has 0 aliphatic carbocycles. The Morgan fingerprint density at radius 2 is 1.45 bits per heavy atom. The van der Waals surface area contributed by atoms with Gasteiger partial charge in [-0.3, -0.25) is 9.59 Å². The molecule has 3 aromatic carbocycles. The second-order valence-corrected chi connectivity index (χ2v) is 7.60. The number of nitrogens with zero attached hydrogens (tertiary/aromatic N) is 1. The van der Waals surface area contributed by atoms with Gasteiger partial charge in [-0.15, -0.1) is 0 Å². The molecule has 0 saturated heterocycles. The lowest BCUT2D eigenvalue weighted by Crippen LogP contribution is -2.27. The van der Waals surface area contributed by atoms with Crippen molar-refractivity contribution in [3.63, 3.8) is 0 Å². The van der Waals surface area contributed by atoms with E-state index in [1.807, 2.05) is 97.9 Å². The van der Waals surface area contributed by atoms with Gasteiger partial charge in [0.25, 0.3) is 5.91 Å². The van der Waals surface area contributed by atoms with Crippen molar-refractivity contribution in [3.8, 4) is 0 Å². The maximum Gasteiger partial charge on any atom is 0.258 e. The van der Waals surface area contributed by atoms with Gasteiger partial charge in [0, 0.05) is 22.6 Å². The minimum atomic E-state index is -0.139. The summed E-state index contributed by atoms with van der Waals surface area (Å²) in [7, 11) is 3.70. The molecule has 0 atom stereocenters. The van der Waals surface area contributed by atoms with E-state index in [-0.39, 0.29) is 11.8 Å². The molecular formula is C25H24N4O2. The second kappa shape index (κ2) is 8.85. The summed E-state index contributed by atoms with van der Waals surface area (Å²) in [5.74, 6) is -0.211. The molecule has 0 bridgehead atoms. The number of anilines is 3. The zero-order valence-corrected chi connectivity index (χ0v) is 17.5. The zero-order valence-electron chi connectivity index (χ0n) is 17.5. The fourth-order valence-electron chi connectivity index (χ4n) is 3.52. The van der Waals surface area contributed by atoms with Crippen LogP contribution in [0.4, 0.5) is 17.1 Å². The van der Waals surface area contributed by atoms with E-state index >= 15 is 0 Å². The van der Waals surface area contributed by atoms with Crippen LogP contribution in [0.5, 0.6) is 0 Å². The first-order valence-corrected chi connectivity index (χ1v) is 10.0. The Hall–Kier alpha value is -3.90. The molecule has 0 aromatic heterocycles. The molecule has 0 unspecified atom stereocenters. The van der Waals surface area contributed by atoms with Gasteiger partial charge in [0.05, 0.1) is 17.8 Å². The van der Waals surface area contributed by atoms with Crippen molar-refractivity contribution in [2.24, 2.45) is 0 Å². The molecule has 0 saturated carbocycles. The van der Waals surface area contributed by atoms with Gasteiger partial charge < -0.3 is 20.9 Å². The Kier molecular flexibility index (Phi) is 5.82. The average Bonchev–Trinajstić information content (AvgIpc) is 3.09. The van der Waals surface area contributed by atoms with Crippen molar-refractivity contribution < 1.29 is 9.59 Å². The molecule has 6 nitrogen and oxygen atoms in total. The molecule has 1 aliphatic rings. The monoisotopic (exact) mass is 412 g/mol. The maximum absolute atomic E-state index is 12.8. The van der Waals surface area contributed by atoms with E-state index in [1.165, 1.54) is 0 Å². The van der Waals surface area contributed by atoms with Crippen LogP contribution < -0.4 is 16.0 Å². The number of likely N-dealkylation sites (N-methyl/N-ethyl adjacent to an activating group) is 1. The molecule has 156 valence electrons. The Bertz CT molecular complexity index is 1140. The molecule has 31 heavy (non-hydrogen) atoms. The molecule has 0 spiro atoms. The van der Waals surface area contributed by atoms with Crippen molar-refractivity contribution in [2.45, 2.75) is 0 Å². The lowest BCUT2D eigenvalue weighted by Gasteiger charge is -2.15. The van der Waals surface area contributed by atoms with E-state index in [2.05, 4.69) is 16.0 Å². The smallest absolute Gasteiger partial charge is 0.258 e. The molecule has 6 heteroatoms. The van der Waals surface area contributed by atoms with Gasteiger partial charge in [-0.1, -0.05) is 48.5 Å². The summed E-state index contributed by atoms with van der Waals surface area (Å²) in [5.41, 5.74) is 5.44. The number of para-hydroxylation sites is 1. The van der Waals surface area contributed by atoms with Gasteiger partial charge in [0.1, 0.15) is 0 Å². The number of rotatable bonds is 6. The topological polar surface area (TPSA) is 73.5 Å². The third kappa shape index (κ3) is 4.65. The third-order valence-corrected chi connectivity index (χ3v) is 4.88. The normalized spacial score (nSPS) is 14.1. The van der Waals surface area contributed by atoms with E-state index in [0.717, 1.165) is 33.9 Å². The number of nitrogens with one attached hydrogen (secondary N) is 3. The number of amides is 2. The van der Waals surface area contributed by atoms with Crippen LogP contribution in [0.25, 0.3) is 11.3 Å². The number of carbonyl (C=O) groups excluding carboxylic acids is 2. The zero-order chi connectivity index (χ0) is 21.8. The van der Waals surface area contributed by atoms with Crippen LogP contribution in [-0.4, -0.2) is 37.4 Å². The fraction of sp³-hybridized carbons (Fsp3) is 0.120. The van der Waals surface area contributed by atoms with E-state index in [1.54, 1.807) is 0 Å². The number of hydrogen-bond acceptors (Lipinski definition) is 4. The van der Waals surface area contributed by atoms with Gasteiger partial charge in [-0.05, 0) is 50.0 Å². The molecule has 2 amide bonds. The van der Waals surface area contributed by atoms with Crippen LogP contribution in [0, 0.1) is 0 Å². The summed E-state index contributed by atoms with van der Waals surface area (Å²) in [6.07, 6.45) is 0. The van der Waals surface area contributed by atoms with Gasteiger partial charge in [-0.25, -0.2) is 0 Å². The van der Waals surface area contributed by atoms with Crippen LogP contribution in [0.1, 0.15) is 11.1 Å². The predicted octanol–water partition coefficient (Wildman–Crippen LogP) is 4.12. The van der Waals surface area contributed by atoms with E-state index in [4.69, 9.17) is 0 Å². The number of benzene rings is 3. The van der Waals surface area contributed by atoms with Crippen LogP contribution >= 0.6 is 0 Å². The van der Waals surface area contributed by atoms with E-state index in [9.17, 15) is 9.59 Å². The molecular weight excluding hydrogens is 388 g/mol. The highest BCUT2D eigenvalue weighted by atomic mass is 16.2. The minimum Gasteiger partial charge on any atom is -0.354 e. The first kappa shape index (κ1) is 20.4. The Morgan fingerprint density at radius 3 is 2.13 bits per heavy atom. The highest BCUT2D eigenvalue weighted by molar-refractivity contribution is 6.37. The molecule has 1 aliphatic heterocycles. The summed E-state index contributed by atoms with van der Waals surface area (Å²) < 4.78 is 0. The Labute approximate surface area is 181 Å². The molecule has 4 rings (SSSR count). The number of hydrogen-bond donors (Lipinski definition) is 3. The molecule has 0 fully saturated rings. The summed E-state index contributed by atoms with van der Waals surface area (Å²) in [4.78, 5) is 26.6. The van der Waals surface area contributed by atoms with Crippen LogP contribution in [0.3, 0.4) is 0 Å². The number of fused-ring (bicyclic) bond motifs is 1. The Balaban J connectivity index is 1.66. The van der Waals surface area contributed by atoms with Crippen molar-refractivity contribution >= 4 is 40.1 Å². The van der Waals surface area contributed by atoms with Gasteiger partial charge >= 0.3 is 0 Å². The molecule has 3 N–H and O–H groups in total. The maximum atomic E-state index is 12.8. The first-order valence-electron chi connectivity index (χ1n) is 10.0. The standard InChI is InChI=1S/C25H24N4O2/c1-29(2)16-22(30)26-18-12-14-19(15-13-18)27-24(17-8-4-3-5-9-17)23-20-10-6-7-11-21(20)28-25(23)31/h3-15,27H,16H2,1-2H3,(H,26,30)(H,28,31). The van der Waals surface area contributed by atoms with Gasteiger partial charge in [0.15, 0.2) is 0 Å². The molecule has 1 heterocycles. The van der Waals surface area contributed by atoms with Crippen molar-refractivity contribution in [1.29, 1.82) is 0 Å². The Morgan fingerprint density at radius 1 is 0.839 bits per heavy atom. The van der Waals surface area contributed by atoms with Crippen LogP contribution in [0.15, 0.2) is 78.9 Å². The van der Waals surface area contributed by atoms with Crippen molar-refractivity contribution in [1.82, 2.24) is 4.90 Å². The van der Waals surface area contributed by atoms with Crippen LogP contribution in [-0.2, 0) is 9.59 Å². The number of carbonyl (C=O) groups is 2. The summed E-state index contributed by atoms with van der Waals surface area (Å²) in [6, 6.07) is 24.9. The fourth-order valence-corrected chi connectivity index (χ4v) is 3.52. The van der Waals surface area contributed by atoms with Crippen molar-refractivity contribution in [3.05, 3.63) is 90.0 Å². The highest BCUT2D eigenvalue weighted by Gasteiger charge is 2.28. The van der Waals surface area contributed by atoms with Crippen LogP contribution in [0.2, 0.25) is 0 Å². The van der Waals surface area contributed by atoms with E-state index in [0.29, 0.717) is 12.1 Å². The summed E-state index contributed by atoms with van der Waals surface area (Å²) >= 11 is 0. The molecule has 0 radical (unpaired) electrons. The minimum absolute atomic E-state index is 0.0722. The lowest BCUT2D eigenvalue weighted by atomic mass is 10.00. The quantitative estimate of drug-likeness (QED) is 0.533. The molecule has 3 aromatic rings. The lowest BCUT2D eigenvalue weighted by molar-refractivity contribution is -0.116. The summed E-state index contributed by atoms with van der Waals surface area (Å²) in [5, 5.41) is 9.24. The first-order chi connectivity index (χ1) is 15.0. The van der Waals surface area contributed by atoms with Gasteiger partial charge in [0.2, 0.25) is 5.91 Å².